The number of pyridine rings is 1. The molecular weight excluding hydrogens is 505 g/mol. The number of halogens is 1. The lowest BCUT2D eigenvalue weighted by molar-refractivity contribution is 0.277. The quantitative estimate of drug-likeness (QED) is 0.185. The van der Waals surface area contributed by atoms with Crippen LogP contribution in [0.2, 0.25) is 0 Å². The predicted octanol–water partition coefficient (Wildman–Crippen LogP) is 8.32. The van der Waals surface area contributed by atoms with Crippen LogP contribution in [0.15, 0.2) is 66.7 Å². The maximum absolute atomic E-state index is 14.4. The van der Waals surface area contributed by atoms with Gasteiger partial charge in [0.15, 0.2) is 0 Å². The van der Waals surface area contributed by atoms with Gasteiger partial charge in [0.25, 0.3) is 0 Å². The molecule has 2 heterocycles. The summed E-state index contributed by atoms with van der Waals surface area (Å²) in [7, 11) is 0. The van der Waals surface area contributed by atoms with Crippen LogP contribution in [0, 0.1) is 44.9 Å². The van der Waals surface area contributed by atoms with Gasteiger partial charge in [0.2, 0.25) is 0 Å². The van der Waals surface area contributed by atoms with E-state index in [1.165, 1.54) is 53.1 Å². The van der Waals surface area contributed by atoms with E-state index in [2.05, 4.69) is 67.7 Å². The van der Waals surface area contributed by atoms with E-state index >= 15 is 0 Å². The minimum absolute atomic E-state index is 0.255. The molecule has 0 spiro atoms. The molecule has 1 saturated carbocycles. The van der Waals surface area contributed by atoms with Crippen LogP contribution in [-0.2, 0) is 25.8 Å². The molecular formula is C37H36FN3. The number of fused-ring (bicyclic) bond motifs is 1. The fourth-order valence-corrected chi connectivity index (χ4v) is 5.94. The number of benzene rings is 3. The van der Waals surface area contributed by atoms with Crippen molar-refractivity contribution in [2.24, 2.45) is 5.92 Å². The SMILES string of the molecule is C#Cc1ccc(CCc2cccc(-c3cc(C)c(Cc4nc5ccc(C)cc5n4CC4CCC4)cc3C)n2)c(F)c1. The molecule has 6 rings (SSSR count). The van der Waals surface area contributed by atoms with Gasteiger partial charge < -0.3 is 4.57 Å². The van der Waals surface area contributed by atoms with E-state index in [0.717, 1.165) is 47.2 Å². The molecule has 0 atom stereocenters. The molecule has 1 fully saturated rings. The van der Waals surface area contributed by atoms with Crippen LogP contribution in [0.3, 0.4) is 0 Å². The summed E-state index contributed by atoms with van der Waals surface area (Å²) in [5.41, 5.74) is 11.6. The number of terminal acetylenes is 1. The van der Waals surface area contributed by atoms with Gasteiger partial charge in [-0.15, -0.1) is 6.42 Å². The van der Waals surface area contributed by atoms with E-state index in [0.29, 0.717) is 24.0 Å². The minimum Gasteiger partial charge on any atom is -0.327 e. The monoisotopic (exact) mass is 541 g/mol. The smallest absolute Gasteiger partial charge is 0.127 e. The van der Waals surface area contributed by atoms with Gasteiger partial charge in [0, 0.05) is 29.8 Å². The first-order chi connectivity index (χ1) is 19.9. The fourth-order valence-electron chi connectivity index (χ4n) is 5.94. The van der Waals surface area contributed by atoms with E-state index in [4.69, 9.17) is 16.4 Å². The lowest BCUT2D eigenvalue weighted by atomic mass is 9.85. The molecule has 206 valence electrons. The van der Waals surface area contributed by atoms with Gasteiger partial charge in [-0.3, -0.25) is 4.98 Å². The van der Waals surface area contributed by atoms with Crippen molar-refractivity contribution >= 4 is 11.0 Å². The number of aryl methyl sites for hydroxylation is 5. The summed E-state index contributed by atoms with van der Waals surface area (Å²) in [6.07, 6.45) is 11.4. The van der Waals surface area contributed by atoms with Crippen molar-refractivity contribution in [3.8, 4) is 23.6 Å². The summed E-state index contributed by atoms with van der Waals surface area (Å²) in [5.74, 6) is 4.14. The summed E-state index contributed by atoms with van der Waals surface area (Å²) in [6, 6.07) is 22.3. The second-order valence-corrected chi connectivity index (χ2v) is 11.7. The number of hydrogen-bond acceptors (Lipinski definition) is 2. The topological polar surface area (TPSA) is 30.7 Å². The average molecular weight is 542 g/mol. The molecule has 0 unspecified atom stereocenters. The van der Waals surface area contributed by atoms with E-state index in [9.17, 15) is 4.39 Å². The molecule has 0 aliphatic heterocycles. The highest BCUT2D eigenvalue weighted by Gasteiger charge is 2.22. The molecule has 41 heavy (non-hydrogen) atoms. The Labute approximate surface area is 242 Å². The van der Waals surface area contributed by atoms with E-state index in [1.54, 1.807) is 12.1 Å². The van der Waals surface area contributed by atoms with Crippen LogP contribution in [-0.4, -0.2) is 14.5 Å². The molecule has 2 aromatic heterocycles. The van der Waals surface area contributed by atoms with Crippen molar-refractivity contribution in [3.63, 3.8) is 0 Å². The predicted molar refractivity (Wildman–Crippen MR) is 166 cm³/mol. The third-order valence-corrected chi connectivity index (χ3v) is 8.63. The van der Waals surface area contributed by atoms with E-state index in [1.807, 2.05) is 12.1 Å². The van der Waals surface area contributed by atoms with E-state index < -0.39 is 0 Å². The molecule has 0 N–H and O–H groups in total. The van der Waals surface area contributed by atoms with Gasteiger partial charge in [-0.1, -0.05) is 36.6 Å². The number of rotatable bonds is 8. The largest absolute Gasteiger partial charge is 0.327 e. The summed E-state index contributed by atoms with van der Waals surface area (Å²) >= 11 is 0. The molecule has 0 bridgehead atoms. The number of aromatic nitrogens is 3. The summed E-state index contributed by atoms with van der Waals surface area (Å²) in [5, 5.41) is 0. The van der Waals surface area contributed by atoms with Gasteiger partial charge in [-0.05, 0) is 123 Å². The van der Waals surface area contributed by atoms with Crippen molar-refractivity contribution < 1.29 is 4.39 Å². The highest BCUT2D eigenvalue weighted by molar-refractivity contribution is 5.77. The molecule has 1 aliphatic rings. The summed E-state index contributed by atoms with van der Waals surface area (Å²) < 4.78 is 16.9. The summed E-state index contributed by atoms with van der Waals surface area (Å²) in [6.45, 7) is 7.56. The first-order valence-electron chi connectivity index (χ1n) is 14.6. The van der Waals surface area contributed by atoms with Gasteiger partial charge in [0.1, 0.15) is 11.6 Å². The van der Waals surface area contributed by atoms with Gasteiger partial charge in [-0.25, -0.2) is 9.37 Å². The Morgan fingerprint density at radius 1 is 0.902 bits per heavy atom. The number of nitrogens with zero attached hydrogens (tertiary/aromatic N) is 3. The average Bonchev–Trinajstić information content (AvgIpc) is 3.27. The summed E-state index contributed by atoms with van der Waals surface area (Å²) in [4.78, 5) is 10.1. The molecule has 5 aromatic rings. The van der Waals surface area contributed by atoms with Crippen LogP contribution >= 0.6 is 0 Å². The van der Waals surface area contributed by atoms with Crippen molar-refractivity contribution in [2.45, 2.75) is 65.8 Å². The maximum atomic E-state index is 14.4. The second kappa shape index (κ2) is 11.3. The van der Waals surface area contributed by atoms with Crippen molar-refractivity contribution in [2.75, 3.05) is 0 Å². The Balaban J connectivity index is 1.25. The third-order valence-electron chi connectivity index (χ3n) is 8.63. The first-order valence-corrected chi connectivity index (χ1v) is 14.6. The zero-order valence-corrected chi connectivity index (χ0v) is 24.2. The Kier molecular flexibility index (Phi) is 7.45. The molecule has 4 heteroatoms. The second-order valence-electron chi connectivity index (χ2n) is 11.7. The van der Waals surface area contributed by atoms with Gasteiger partial charge in [0.05, 0.1) is 16.7 Å². The Morgan fingerprint density at radius 2 is 1.76 bits per heavy atom. The molecule has 0 radical (unpaired) electrons. The van der Waals surface area contributed by atoms with Crippen LogP contribution < -0.4 is 0 Å². The van der Waals surface area contributed by atoms with E-state index in [-0.39, 0.29) is 5.82 Å². The highest BCUT2D eigenvalue weighted by atomic mass is 19.1. The maximum Gasteiger partial charge on any atom is 0.127 e. The van der Waals surface area contributed by atoms with Crippen molar-refractivity contribution in [1.29, 1.82) is 0 Å². The third kappa shape index (κ3) is 5.68. The zero-order chi connectivity index (χ0) is 28.5. The Hall–Kier alpha value is -4.23. The minimum atomic E-state index is -0.255. The normalized spacial score (nSPS) is 13.3. The highest BCUT2D eigenvalue weighted by Crippen LogP contribution is 2.32. The van der Waals surface area contributed by atoms with Gasteiger partial charge >= 0.3 is 0 Å². The number of hydrogen-bond donors (Lipinski definition) is 0. The van der Waals surface area contributed by atoms with Crippen LogP contribution in [0.4, 0.5) is 4.39 Å². The Morgan fingerprint density at radius 3 is 2.51 bits per heavy atom. The van der Waals surface area contributed by atoms with Crippen LogP contribution in [0.25, 0.3) is 22.3 Å². The van der Waals surface area contributed by atoms with Crippen LogP contribution in [0.5, 0.6) is 0 Å². The standard InChI is InChI=1S/C37H36FN3/c1-5-27-13-14-29(33(38)21-27)15-16-31-10-7-11-34(39-31)32-20-25(3)30(19-26(32)4)22-37-40-35-17-12-24(2)18-36(35)41(37)23-28-8-6-9-28/h1,7,10-14,17-21,28H,6,8-9,15-16,22-23H2,2-4H3. The van der Waals surface area contributed by atoms with Crippen molar-refractivity contribution in [1.82, 2.24) is 14.5 Å². The fraction of sp³-hybridized carbons (Fsp3) is 0.297. The zero-order valence-electron chi connectivity index (χ0n) is 24.2. The molecule has 3 aromatic carbocycles. The first kappa shape index (κ1) is 27.0. The van der Waals surface area contributed by atoms with Crippen molar-refractivity contribution in [3.05, 3.63) is 117 Å². The Bertz CT molecular complexity index is 1780. The van der Waals surface area contributed by atoms with Gasteiger partial charge in [-0.2, -0.15) is 0 Å². The lowest BCUT2D eigenvalue weighted by Crippen LogP contribution is -2.19. The molecule has 0 amide bonds. The molecule has 1 aliphatic carbocycles. The molecule has 3 nitrogen and oxygen atoms in total. The van der Waals surface area contributed by atoms with Crippen LogP contribution in [0.1, 0.15) is 64.2 Å². The lowest BCUT2D eigenvalue weighted by Gasteiger charge is -2.27. The number of imidazole rings is 1. The molecule has 0 saturated heterocycles.